The maximum atomic E-state index is 12.0. The van der Waals surface area contributed by atoms with Crippen molar-refractivity contribution in [1.29, 1.82) is 0 Å². The van der Waals surface area contributed by atoms with Crippen molar-refractivity contribution in [3.63, 3.8) is 0 Å². The average Bonchev–Trinajstić information content (AvgIpc) is 2.77. The van der Waals surface area contributed by atoms with Crippen molar-refractivity contribution >= 4 is 29.8 Å². The lowest BCUT2D eigenvalue weighted by atomic mass is 10.3. The minimum atomic E-state index is -1.10. The predicted molar refractivity (Wildman–Crippen MR) is 88.4 cm³/mol. The van der Waals surface area contributed by atoms with Gasteiger partial charge in [0.25, 0.3) is 5.56 Å². The molecule has 2 heterocycles. The molecule has 0 saturated heterocycles. The molecule has 0 aliphatic heterocycles. The first-order valence-corrected chi connectivity index (χ1v) is 11.5. The van der Waals surface area contributed by atoms with Crippen molar-refractivity contribution in [3.8, 4) is 0 Å². The maximum absolute atomic E-state index is 12.0. The van der Waals surface area contributed by atoms with E-state index in [2.05, 4.69) is 45.7 Å². The highest BCUT2D eigenvalue weighted by molar-refractivity contribution is 9.10. The highest BCUT2D eigenvalue weighted by Gasteiger charge is 2.14. The normalized spacial score (nSPS) is 12.2. The number of aromatic nitrogens is 4. The minimum absolute atomic E-state index is 0.168. The Bertz CT molecular complexity index is 690. The molecule has 2 rings (SSSR count). The van der Waals surface area contributed by atoms with Crippen LogP contribution < -0.4 is 5.56 Å². The Kier molecular flexibility index (Phi) is 5.00. The van der Waals surface area contributed by atoms with Gasteiger partial charge in [-0.3, -0.25) is 9.36 Å². The molecule has 0 aliphatic rings. The zero-order chi connectivity index (χ0) is 15.6. The van der Waals surface area contributed by atoms with Crippen LogP contribution in [0.25, 0.3) is 5.78 Å². The Morgan fingerprint density at radius 3 is 2.71 bits per heavy atom. The monoisotopic (exact) mass is 372 g/mol. The first-order valence-electron chi connectivity index (χ1n) is 7.04. The van der Waals surface area contributed by atoms with Gasteiger partial charge >= 0.3 is 0 Å². The van der Waals surface area contributed by atoms with E-state index in [0.717, 1.165) is 24.8 Å². The van der Waals surface area contributed by atoms with Crippen molar-refractivity contribution in [2.24, 2.45) is 0 Å². The van der Waals surface area contributed by atoms with Crippen molar-refractivity contribution in [1.82, 2.24) is 19.2 Å². The van der Waals surface area contributed by atoms with Gasteiger partial charge in [-0.05, 0) is 28.4 Å². The summed E-state index contributed by atoms with van der Waals surface area (Å²) < 4.78 is 9.40. The van der Waals surface area contributed by atoms with Crippen LogP contribution in [0.2, 0.25) is 25.7 Å². The second-order valence-corrected chi connectivity index (χ2v) is 12.5. The van der Waals surface area contributed by atoms with Gasteiger partial charge in [0.1, 0.15) is 6.73 Å². The molecule has 21 heavy (non-hydrogen) atoms. The van der Waals surface area contributed by atoms with Crippen LogP contribution in [0.1, 0.15) is 12.6 Å². The Labute approximate surface area is 133 Å². The summed E-state index contributed by atoms with van der Waals surface area (Å²) in [6, 6.07) is 2.71. The van der Waals surface area contributed by atoms with Gasteiger partial charge in [-0.25, -0.2) is 0 Å². The van der Waals surface area contributed by atoms with Gasteiger partial charge in [-0.1, -0.05) is 26.6 Å². The van der Waals surface area contributed by atoms with Gasteiger partial charge in [-0.2, -0.15) is 9.50 Å². The van der Waals surface area contributed by atoms with Crippen molar-refractivity contribution in [2.75, 3.05) is 6.61 Å². The van der Waals surface area contributed by atoms with Crippen molar-refractivity contribution in [2.45, 2.75) is 45.8 Å². The molecule has 0 bridgehead atoms. The molecule has 0 radical (unpaired) electrons. The maximum Gasteiger partial charge on any atom is 0.275 e. The van der Waals surface area contributed by atoms with Crippen molar-refractivity contribution < 1.29 is 4.74 Å². The Morgan fingerprint density at radius 1 is 1.38 bits per heavy atom. The van der Waals surface area contributed by atoms with Gasteiger partial charge in [0.2, 0.25) is 10.5 Å². The second kappa shape index (κ2) is 6.41. The van der Waals surface area contributed by atoms with E-state index in [-0.39, 0.29) is 5.56 Å². The van der Waals surface area contributed by atoms with Crippen LogP contribution in [0.3, 0.4) is 0 Å². The first-order chi connectivity index (χ1) is 9.81. The molecule has 0 aromatic carbocycles. The zero-order valence-electron chi connectivity index (χ0n) is 12.9. The molecule has 0 fully saturated rings. The Morgan fingerprint density at radius 2 is 2.10 bits per heavy atom. The SMILES string of the molecule is CCc1cc(=O)n2nc(Br)nc2n1COCC[Si](C)(C)C. The number of hydrogen-bond acceptors (Lipinski definition) is 4. The van der Waals surface area contributed by atoms with Crippen LogP contribution >= 0.6 is 15.9 Å². The molecule has 8 heteroatoms. The van der Waals surface area contributed by atoms with E-state index in [1.807, 2.05) is 11.5 Å². The summed E-state index contributed by atoms with van der Waals surface area (Å²) in [7, 11) is -1.10. The van der Waals surface area contributed by atoms with E-state index in [4.69, 9.17) is 4.74 Å². The molecule has 0 amide bonds. The summed E-state index contributed by atoms with van der Waals surface area (Å²) in [4.78, 5) is 16.2. The summed E-state index contributed by atoms with van der Waals surface area (Å²) in [6.07, 6.45) is 0.744. The Hall–Kier alpha value is -0.993. The molecule has 0 atom stereocenters. The lowest BCUT2D eigenvalue weighted by molar-refractivity contribution is 0.0867. The number of fused-ring (bicyclic) bond motifs is 1. The van der Waals surface area contributed by atoms with E-state index in [1.54, 1.807) is 6.07 Å². The lowest BCUT2D eigenvalue weighted by Crippen LogP contribution is -2.24. The van der Waals surface area contributed by atoms with Gasteiger partial charge in [-0.15, -0.1) is 5.10 Å². The standard InChI is InChI=1S/C13H21BrN4O2Si/c1-5-10-8-11(19)18-13(15-12(14)16-18)17(10)9-20-6-7-21(2,3)4/h8H,5-7,9H2,1-4H3. The van der Waals surface area contributed by atoms with Crippen LogP contribution in [0.15, 0.2) is 15.6 Å². The van der Waals surface area contributed by atoms with Crippen LogP contribution in [0, 0.1) is 0 Å². The number of hydrogen-bond donors (Lipinski definition) is 0. The first kappa shape index (κ1) is 16.4. The highest BCUT2D eigenvalue weighted by atomic mass is 79.9. The third kappa shape index (κ3) is 4.01. The summed E-state index contributed by atoms with van der Waals surface area (Å²) in [6.45, 7) is 10.1. The molecule has 6 nitrogen and oxygen atoms in total. The molecule has 2 aromatic rings. The van der Waals surface area contributed by atoms with E-state index in [0.29, 0.717) is 17.2 Å². The fourth-order valence-electron chi connectivity index (χ4n) is 1.98. The molecule has 116 valence electrons. The average molecular weight is 373 g/mol. The molecule has 0 aliphatic carbocycles. The fourth-order valence-corrected chi connectivity index (χ4v) is 3.05. The summed E-state index contributed by atoms with van der Waals surface area (Å²) in [5.41, 5.74) is 0.735. The number of rotatable bonds is 6. The number of nitrogens with zero attached hydrogens (tertiary/aromatic N) is 4. The zero-order valence-corrected chi connectivity index (χ0v) is 15.5. The van der Waals surface area contributed by atoms with Crippen LogP contribution in [0.4, 0.5) is 0 Å². The predicted octanol–water partition coefficient (Wildman–Crippen LogP) is 2.53. The fraction of sp³-hybridized carbons (Fsp3) is 0.615. The summed E-state index contributed by atoms with van der Waals surface area (Å²) >= 11 is 3.22. The van der Waals surface area contributed by atoms with Crippen LogP contribution in [-0.4, -0.2) is 33.8 Å². The summed E-state index contributed by atoms with van der Waals surface area (Å²) in [5.74, 6) is 0.513. The molecular weight excluding hydrogens is 352 g/mol. The topological polar surface area (TPSA) is 61.4 Å². The quantitative estimate of drug-likeness (QED) is 0.577. The van der Waals surface area contributed by atoms with Crippen molar-refractivity contribution in [3.05, 3.63) is 26.8 Å². The van der Waals surface area contributed by atoms with Crippen LogP contribution in [0.5, 0.6) is 0 Å². The highest BCUT2D eigenvalue weighted by Crippen LogP contribution is 2.11. The lowest BCUT2D eigenvalue weighted by Gasteiger charge is -2.17. The van der Waals surface area contributed by atoms with Gasteiger partial charge < -0.3 is 4.74 Å². The van der Waals surface area contributed by atoms with E-state index >= 15 is 0 Å². The largest absolute Gasteiger partial charge is 0.361 e. The molecule has 0 spiro atoms. The molecular formula is C13H21BrN4O2Si. The van der Waals surface area contributed by atoms with Crippen LogP contribution in [-0.2, 0) is 17.9 Å². The molecule has 2 aromatic heterocycles. The summed E-state index contributed by atoms with van der Waals surface area (Å²) in [5, 5.41) is 4.06. The second-order valence-electron chi connectivity index (χ2n) is 6.20. The van der Waals surface area contributed by atoms with E-state index in [9.17, 15) is 4.79 Å². The molecule has 0 saturated carbocycles. The minimum Gasteiger partial charge on any atom is -0.361 e. The molecule has 0 N–H and O–H groups in total. The van der Waals surface area contributed by atoms with E-state index in [1.165, 1.54) is 4.52 Å². The smallest absolute Gasteiger partial charge is 0.275 e. The third-order valence-electron chi connectivity index (χ3n) is 3.23. The Balaban J connectivity index is 2.25. The third-order valence-corrected chi connectivity index (χ3v) is 5.27. The van der Waals surface area contributed by atoms with Gasteiger partial charge in [0.05, 0.1) is 0 Å². The van der Waals surface area contributed by atoms with Gasteiger partial charge in [0.15, 0.2) is 0 Å². The number of ether oxygens (including phenoxy) is 1. The van der Waals surface area contributed by atoms with E-state index < -0.39 is 8.07 Å². The molecule has 0 unspecified atom stereocenters. The number of aryl methyl sites for hydroxylation is 1. The number of halogens is 1. The van der Waals surface area contributed by atoms with Gasteiger partial charge in [0, 0.05) is 26.4 Å².